The van der Waals surface area contributed by atoms with Gasteiger partial charge in [-0.1, -0.05) is 24.3 Å². The lowest BCUT2D eigenvalue weighted by molar-refractivity contribution is -0.0364. The van der Waals surface area contributed by atoms with E-state index in [9.17, 15) is 23.2 Å². The molecule has 1 saturated heterocycles. The van der Waals surface area contributed by atoms with Gasteiger partial charge in [-0.3, -0.25) is 4.57 Å². The SMILES string of the molecule is O=P(O)(O)CS(=O)(=O)C[C@H]1O[C@@H](n2ncc3c(NC4Cc5ccccc5C4)nc(Cl)nc32)[C@H](O)[C@@H]1O. The van der Waals surface area contributed by atoms with Crippen molar-refractivity contribution in [1.29, 1.82) is 0 Å². The maximum Gasteiger partial charge on any atom is 0.340 e. The first-order chi connectivity index (χ1) is 16.9. The van der Waals surface area contributed by atoms with Crippen molar-refractivity contribution in [3.05, 3.63) is 46.9 Å². The van der Waals surface area contributed by atoms with Gasteiger partial charge in [0.25, 0.3) is 0 Å². The number of halogens is 1. The fourth-order valence-corrected chi connectivity index (χ4v) is 8.09. The van der Waals surface area contributed by atoms with Gasteiger partial charge in [0.1, 0.15) is 24.1 Å². The second kappa shape index (κ2) is 9.30. The van der Waals surface area contributed by atoms with Crippen LogP contribution in [0.1, 0.15) is 17.4 Å². The molecule has 5 N–H and O–H groups in total. The number of hydrogen-bond donors (Lipinski definition) is 5. The number of nitrogens with zero attached hydrogens (tertiary/aromatic N) is 4. The Kier molecular flexibility index (Phi) is 6.58. The highest BCUT2D eigenvalue weighted by atomic mass is 35.5. The zero-order chi connectivity index (χ0) is 25.8. The standard InChI is InChI=1S/C20H23ClN5O8PS/c21-20-24-17(23-12-5-10-3-1-2-4-11(10)6-12)13-7-22-26(18(13)25-20)19-16(28)15(27)14(34-19)8-36(32,33)9-35(29,30)31/h1-4,7,12,14-16,19,27-28H,5-6,8-9H2,(H,23,24,25)(H2,29,30,31)/t14-,15-,16-,19-/m1/s1. The largest absolute Gasteiger partial charge is 0.387 e. The zero-order valence-electron chi connectivity index (χ0n) is 18.5. The van der Waals surface area contributed by atoms with Gasteiger partial charge in [0.2, 0.25) is 5.28 Å². The van der Waals surface area contributed by atoms with Crippen LogP contribution in [-0.2, 0) is 32.0 Å². The van der Waals surface area contributed by atoms with Gasteiger partial charge in [-0.2, -0.15) is 15.1 Å². The molecule has 1 aliphatic heterocycles. The number of rotatable bonds is 7. The molecule has 0 spiro atoms. The van der Waals surface area contributed by atoms with Crippen molar-refractivity contribution in [3.63, 3.8) is 0 Å². The Bertz CT molecular complexity index is 1440. The van der Waals surface area contributed by atoms with Gasteiger partial charge in [-0.05, 0) is 35.6 Å². The molecule has 2 aromatic heterocycles. The maximum absolute atomic E-state index is 12.2. The van der Waals surface area contributed by atoms with Crippen LogP contribution in [0.5, 0.6) is 0 Å². The third-order valence-corrected chi connectivity index (χ3v) is 10.1. The van der Waals surface area contributed by atoms with E-state index in [-0.39, 0.29) is 17.0 Å². The van der Waals surface area contributed by atoms with Gasteiger partial charge in [0.05, 0.1) is 17.3 Å². The Labute approximate surface area is 210 Å². The van der Waals surface area contributed by atoms with Crippen LogP contribution in [-0.4, -0.2) is 83.8 Å². The summed E-state index contributed by atoms with van der Waals surface area (Å²) in [4.78, 5) is 26.5. The molecule has 16 heteroatoms. The average molecular weight is 560 g/mol. The monoisotopic (exact) mass is 559 g/mol. The van der Waals surface area contributed by atoms with Crippen molar-refractivity contribution in [3.8, 4) is 0 Å². The molecule has 13 nitrogen and oxygen atoms in total. The molecule has 1 aromatic carbocycles. The van der Waals surface area contributed by atoms with E-state index in [0.29, 0.717) is 11.2 Å². The van der Waals surface area contributed by atoms with Crippen LogP contribution in [0, 0.1) is 0 Å². The summed E-state index contributed by atoms with van der Waals surface area (Å²) in [6.45, 7) is 0. The van der Waals surface area contributed by atoms with Gasteiger partial charge in [0.15, 0.2) is 27.2 Å². The molecule has 1 aliphatic carbocycles. The lowest BCUT2D eigenvalue weighted by atomic mass is 10.1. The summed E-state index contributed by atoms with van der Waals surface area (Å²) < 4.78 is 42.2. The molecular weight excluding hydrogens is 537 g/mol. The molecular formula is C20H23ClN5O8PS. The number of aromatic nitrogens is 4. The summed E-state index contributed by atoms with van der Waals surface area (Å²) >= 11 is 6.17. The lowest BCUT2D eigenvalue weighted by Gasteiger charge is -2.17. The summed E-state index contributed by atoms with van der Waals surface area (Å²) in [6, 6.07) is 8.16. The molecule has 0 radical (unpaired) electrons. The minimum Gasteiger partial charge on any atom is -0.387 e. The van der Waals surface area contributed by atoms with Crippen molar-refractivity contribution in [1.82, 2.24) is 19.7 Å². The number of ether oxygens (including phenoxy) is 1. The quantitative estimate of drug-likeness (QED) is 0.195. The van der Waals surface area contributed by atoms with E-state index in [4.69, 9.17) is 26.1 Å². The number of anilines is 1. The first kappa shape index (κ1) is 25.5. The van der Waals surface area contributed by atoms with Crippen LogP contribution in [0.2, 0.25) is 5.28 Å². The number of sulfone groups is 1. The van der Waals surface area contributed by atoms with E-state index in [1.165, 1.54) is 22.0 Å². The molecule has 0 unspecified atom stereocenters. The first-order valence-corrected chi connectivity index (χ1v) is 14.9. The Balaban J connectivity index is 1.39. The van der Waals surface area contributed by atoms with Crippen LogP contribution in [0.15, 0.2) is 30.5 Å². The minimum atomic E-state index is -4.86. The summed E-state index contributed by atoms with van der Waals surface area (Å²) in [5.74, 6) is -0.487. The van der Waals surface area contributed by atoms with E-state index in [0.717, 1.165) is 12.8 Å². The highest BCUT2D eigenvalue weighted by Crippen LogP contribution is 2.38. The summed E-state index contributed by atoms with van der Waals surface area (Å²) in [5, 5.41) is 28.9. The summed E-state index contributed by atoms with van der Waals surface area (Å²) in [6.07, 6.45) is -3.03. The van der Waals surface area contributed by atoms with E-state index in [1.54, 1.807) is 0 Å². The topological polar surface area (TPSA) is 197 Å². The third kappa shape index (κ3) is 5.13. The Morgan fingerprint density at radius 3 is 2.44 bits per heavy atom. The molecule has 0 bridgehead atoms. The number of fused-ring (bicyclic) bond motifs is 2. The van der Waals surface area contributed by atoms with Crippen LogP contribution in [0.3, 0.4) is 0 Å². The summed E-state index contributed by atoms with van der Waals surface area (Å²) in [5.41, 5.74) is 1.25. The number of benzene rings is 1. The van der Waals surface area contributed by atoms with Crippen LogP contribution < -0.4 is 5.32 Å². The predicted octanol–water partition coefficient (Wildman–Crippen LogP) is 0.228. The van der Waals surface area contributed by atoms with Crippen molar-refractivity contribution in [2.24, 2.45) is 0 Å². The lowest BCUT2D eigenvalue weighted by Crippen LogP contribution is -2.36. The van der Waals surface area contributed by atoms with Crippen LogP contribution >= 0.6 is 19.2 Å². The van der Waals surface area contributed by atoms with Gasteiger partial charge in [-0.15, -0.1) is 0 Å². The van der Waals surface area contributed by atoms with E-state index >= 15 is 0 Å². The normalized spacial score (nSPS) is 24.9. The molecule has 5 rings (SSSR count). The van der Waals surface area contributed by atoms with Crippen molar-refractivity contribution < 1.29 is 37.7 Å². The Morgan fingerprint density at radius 1 is 1.14 bits per heavy atom. The summed E-state index contributed by atoms with van der Waals surface area (Å²) in [7, 11) is -9.17. The van der Waals surface area contributed by atoms with E-state index in [1.807, 2.05) is 12.1 Å². The molecule has 3 heterocycles. The van der Waals surface area contributed by atoms with Crippen LogP contribution in [0.4, 0.5) is 5.82 Å². The molecule has 1 fully saturated rings. The van der Waals surface area contributed by atoms with Crippen LogP contribution in [0.25, 0.3) is 11.0 Å². The molecule has 194 valence electrons. The molecule has 0 amide bonds. The fraction of sp³-hybridized carbons (Fsp3) is 0.450. The predicted molar refractivity (Wildman–Crippen MR) is 128 cm³/mol. The highest BCUT2D eigenvalue weighted by molar-refractivity contribution is 7.97. The molecule has 4 atom stereocenters. The Hall–Kier alpha value is -2.16. The van der Waals surface area contributed by atoms with Crippen molar-refractivity contribution >= 4 is 45.9 Å². The van der Waals surface area contributed by atoms with Gasteiger partial charge in [0, 0.05) is 6.04 Å². The average Bonchev–Trinajstić information content (AvgIpc) is 3.43. The van der Waals surface area contributed by atoms with E-state index < -0.39 is 53.2 Å². The van der Waals surface area contributed by atoms with Gasteiger partial charge in [-0.25, -0.2) is 13.1 Å². The number of aliphatic hydroxyl groups excluding tert-OH is 2. The first-order valence-electron chi connectivity index (χ1n) is 10.9. The molecule has 2 aliphatic rings. The second-order valence-corrected chi connectivity index (χ2v) is 13.5. The highest BCUT2D eigenvalue weighted by Gasteiger charge is 2.47. The van der Waals surface area contributed by atoms with Crippen molar-refractivity contribution in [2.75, 3.05) is 16.6 Å². The zero-order valence-corrected chi connectivity index (χ0v) is 21.0. The maximum atomic E-state index is 12.2. The third-order valence-electron chi connectivity index (χ3n) is 6.18. The Morgan fingerprint density at radius 2 is 1.81 bits per heavy atom. The number of nitrogens with one attached hydrogen (secondary N) is 1. The van der Waals surface area contributed by atoms with Crippen molar-refractivity contribution in [2.45, 2.75) is 43.4 Å². The number of aliphatic hydroxyl groups is 2. The molecule has 0 saturated carbocycles. The smallest absolute Gasteiger partial charge is 0.340 e. The molecule has 36 heavy (non-hydrogen) atoms. The second-order valence-electron chi connectivity index (χ2n) is 8.94. The van der Waals surface area contributed by atoms with Gasteiger partial charge < -0.3 is 30.1 Å². The van der Waals surface area contributed by atoms with Gasteiger partial charge >= 0.3 is 7.60 Å². The fourth-order valence-electron chi connectivity index (χ4n) is 4.68. The number of hydrogen-bond acceptors (Lipinski definition) is 10. The molecule has 3 aromatic rings. The van der Waals surface area contributed by atoms with E-state index in [2.05, 4.69) is 32.5 Å². The minimum absolute atomic E-state index is 0.0543.